The molecule has 1 saturated heterocycles. The monoisotopic (exact) mass is 244 g/mol. The van der Waals surface area contributed by atoms with Gasteiger partial charge in [0.05, 0.1) is 0 Å². The number of nitrogens with zero attached hydrogens (tertiary/aromatic N) is 1. The van der Waals surface area contributed by atoms with Crippen LogP contribution in [0.2, 0.25) is 0 Å². The molecule has 0 bridgehead atoms. The van der Waals surface area contributed by atoms with Crippen LogP contribution in [0.1, 0.15) is 37.7 Å². The number of fused-ring (bicyclic) bond motifs is 1. The van der Waals surface area contributed by atoms with E-state index >= 15 is 0 Å². The van der Waals surface area contributed by atoms with Crippen molar-refractivity contribution in [3.8, 4) is 0 Å². The summed E-state index contributed by atoms with van der Waals surface area (Å²) in [4.78, 5) is 2.68. The molecule has 2 heterocycles. The van der Waals surface area contributed by atoms with Crippen LogP contribution in [0.5, 0.6) is 0 Å². The van der Waals surface area contributed by atoms with Gasteiger partial charge in [-0.05, 0) is 36.9 Å². The van der Waals surface area contributed by atoms with Crippen LogP contribution >= 0.6 is 0 Å². The summed E-state index contributed by atoms with van der Waals surface area (Å²) in [5.41, 5.74) is 2.88. The molecule has 0 amide bonds. The van der Waals surface area contributed by atoms with Crippen molar-refractivity contribution in [2.75, 3.05) is 31.5 Å². The SMILES string of the molecule is CCCC1CCN(CC2CNc3ccccc32)C1. The smallest absolute Gasteiger partial charge is 0.0376 e. The van der Waals surface area contributed by atoms with Crippen molar-refractivity contribution >= 4 is 5.69 Å². The Labute approximate surface area is 110 Å². The quantitative estimate of drug-likeness (QED) is 0.874. The highest BCUT2D eigenvalue weighted by Crippen LogP contribution is 2.33. The summed E-state index contributed by atoms with van der Waals surface area (Å²) in [6, 6.07) is 8.79. The van der Waals surface area contributed by atoms with E-state index < -0.39 is 0 Å². The van der Waals surface area contributed by atoms with Gasteiger partial charge in [0.2, 0.25) is 0 Å². The lowest BCUT2D eigenvalue weighted by Crippen LogP contribution is -2.27. The fourth-order valence-corrected chi connectivity index (χ4v) is 3.55. The average Bonchev–Trinajstić information content (AvgIpc) is 2.99. The summed E-state index contributed by atoms with van der Waals surface area (Å²) < 4.78 is 0. The normalized spacial score (nSPS) is 27.2. The van der Waals surface area contributed by atoms with Crippen LogP contribution < -0.4 is 5.32 Å². The lowest BCUT2D eigenvalue weighted by atomic mass is 10.0. The Morgan fingerprint density at radius 3 is 3.11 bits per heavy atom. The van der Waals surface area contributed by atoms with Gasteiger partial charge in [-0.25, -0.2) is 0 Å². The molecule has 2 atom stereocenters. The number of rotatable bonds is 4. The number of para-hydroxylation sites is 1. The predicted octanol–water partition coefficient (Wildman–Crippen LogP) is 3.32. The second-order valence-corrected chi connectivity index (χ2v) is 5.87. The Balaban J connectivity index is 1.59. The fraction of sp³-hybridized carbons (Fsp3) is 0.625. The van der Waals surface area contributed by atoms with Crippen molar-refractivity contribution in [3.05, 3.63) is 29.8 Å². The van der Waals surface area contributed by atoms with Gasteiger partial charge in [-0.3, -0.25) is 0 Å². The molecule has 1 aromatic rings. The van der Waals surface area contributed by atoms with Crippen LogP contribution in [0.4, 0.5) is 5.69 Å². The number of anilines is 1. The van der Waals surface area contributed by atoms with E-state index in [2.05, 4.69) is 41.4 Å². The van der Waals surface area contributed by atoms with Gasteiger partial charge in [0.25, 0.3) is 0 Å². The molecule has 2 unspecified atom stereocenters. The first-order chi connectivity index (χ1) is 8.86. The zero-order valence-corrected chi connectivity index (χ0v) is 11.4. The predicted molar refractivity (Wildman–Crippen MR) is 77.1 cm³/mol. The number of likely N-dealkylation sites (tertiary alicyclic amines) is 1. The van der Waals surface area contributed by atoms with E-state index in [0.717, 1.165) is 12.5 Å². The van der Waals surface area contributed by atoms with Crippen LogP contribution in [0.3, 0.4) is 0 Å². The number of hydrogen-bond acceptors (Lipinski definition) is 2. The largest absolute Gasteiger partial charge is 0.384 e. The first-order valence-corrected chi connectivity index (χ1v) is 7.42. The Morgan fingerprint density at radius 2 is 2.22 bits per heavy atom. The maximum absolute atomic E-state index is 3.53. The topological polar surface area (TPSA) is 15.3 Å². The van der Waals surface area contributed by atoms with Crippen molar-refractivity contribution < 1.29 is 0 Å². The standard InChI is InChI=1S/C16H24N2/c1-2-5-13-8-9-18(11-13)12-14-10-17-16-7-4-3-6-15(14)16/h3-4,6-7,13-14,17H,2,5,8-12H2,1H3. The summed E-state index contributed by atoms with van der Waals surface area (Å²) in [5, 5.41) is 3.53. The summed E-state index contributed by atoms with van der Waals surface area (Å²) in [7, 11) is 0. The van der Waals surface area contributed by atoms with Gasteiger partial charge in [0.15, 0.2) is 0 Å². The minimum Gasteiger partial charge on any atom is -0.384 e. The third kappa shape index (κ3) is 2.39. The Morgan fingerprint density at radius 1 is 1.33 bits per heavy atom. The van der Waals surface area contributed by atoms with E-state index in [9.17, 15) is 0 Å². The van der Waals surface area contributed by atoms with Gasteiger partial charge in [-0.15, -0.1) is 0 Å². The van der Waals surface area contributed by atoms with E-state index in [1.807, 2.05) is 0 Å². The summed E-state index contributed by atoms with van der Waals surface area (Å²) in [5.74, 6) is 1.65. The zero-order valence-electron chi connectivity index (χ0n) is 11.4. The lowest BCUT2D eigenvalue weighted by Gasteiger charge is -2.20. The maximum Gasteiger partial charge on any atom is 0.0376 e. The zero-order chi connectivity index (χ0) is 12.4. The van der Waals surface area contributed by atoms with Crippen molar-refractivity contribution in [1.82, 2.24) is 4.90 Å². The molecule has 98 valence electrons. The first kappa shape index (κ1) is 12.0. The minimum absolute atomic E-state index is 0.696. The lowest BCUT2D eigenvalue weighted by molar-refractivity contribution is 0.304. The molecule has 1 aromatic carbocycles. The van der Waals surface area contributed by atoms with Gasteiger partial charge < -0.3 is 10.2 Å². The molecule has 3 rings (SSSR count). The van der Waals surface area contributed by atoms with Crippen molar-refractivity contribution in [2.45, 2.75) is 32.1 Å². The van der Waals surface area contributed by atoms with Gasteiger partial charge in [-0.2, -0.15) is 0 Å². The van der Waals surface area contributed by atoms with Gasteiger partial charge in [0, 0.05) is 31.2 Å². The third-order valence-electron chi connectivity index (χ3n) is 4.49. The number of hydrogen-bond donors (Lipinski definition) is 1. The van der Waals surface area contributed by atoms with Gasteiger partial charge >= 0.3 is 0 Å². The van der Waals surface area contributed by atoms with E-state index in [1.165, 1.54) is 50.1 Å². The molecule has 1 N–H and O–H groups in total. The Kier molecular flexibility index (Phi) is 3.55. The maximum atomic E-state index is 3.53. The van der Waals surface area contributed by atoms with Crippen molar-refractivity contribution in [3.63, 3.8) is 0 Å². The number of nitrogens with one attached hydrogen (secondary N) is 1. The van der Waals surface area contributed by atoms with E-state index in [0.29, 0.717) is 5.92 Å². The van der Waals surface area contributed by atoms with Crippen LogP contribution in [0, 0.1) is 5.92 Å². The molecule has 0 radical (unpaired) electrons. The molecule has 0 aliphatic carbocycles. The van der Waals surface area contributed by atoms with E-state index in [4.69, 9.17) is 0 Å². The highest BCUT2D eigenvalue weighted by Gasteiger charge is 2.27. The average molecular weight is 244 g/mol. The second kappa shape index (κ2) is 5.31. The van der Waals surface area contributed by atoms with Crippen molar-refractivity contribution in [2.24, 2.45) is 5.92 Å². The molecular weight excluding hydrogens is 220 g/mol. The fourth-order valence-electron chi connectivity index (χ4n) is 3.55. The second-order valence-electron chi connectivity index (χ2n) is 5.87. The molecule has 1 fully saturated rings. The van der Waals surface area contributed by atoms with E-state index in [-0.39, 0.29) is 0 Å². The minimum atomic E-state index is 0.696. The summed E-state index contributed by atoms with van der Waals surface area (Å²) >= 11 is 0. The molecule has 18 heavy (non-hydrogen) atoms. The first-order valence-electron chi connectivity index (χ1n) is 7.42. The molecule has 0 spiro atoms. The molecule has 0 aromatic heterocycles. The Hall–Kier alpha value is -1.02. The third-order valence-corrected chi connectivity index (χ3v) is 4.49. The highest BCUT2D eigenvalue weighted by molar-refractivity contribution is 5.57. The molecule has 2 nitrogen and oxygen atoms in total. The van der Waals surface area contributed by atoms with E-state index in [1.54, 1.807) is 0 Å². The molecule has 0 saturated carbocycles. The summed E-state index contributed by atoms with van der Waals surface area (Å²) in [6.07, 6.45) is 4.16. The highest BCUT2D eigenvalue weighted by atomic mass is 15.2. The van der Waals surface area contributed by atoms with Gasteiger partial charge in [-0.1, -0.05) is 31.5 Å². The Bertz CT molecular complexity index is 402. The van der Waals surface area contributed by atoms with Crippen LogP contribution in [-0.4, -0.2) is 31.1 Å². The molecule has 2 aliphatic heterocycles. The molecule has 2 heteroatoms. The summed E-state index contributed by atoms with van der Waals surface area (Å²) in [6.45, 7) is 7.30. The molecular formula is C16H24N2. The molecule has 2 aliphatic rings. The number of benzene rings is 1. The van der Waals surface area contributed by atoms with Crippen LogP contribution in [-0.2, 0) is 0 Å². The van der Waals surface area contributed by atoms with Crippen LogP contribution in [0.25, 0.3) is 0 Å². The van der Waals surface area contributed by atoms with Crippen LogP contribution in [0.15, 0.2) is 24.3 Å². The van der Waals surface area contributed by atoms with Crippen molar-refractivity contribution in [1.29, 1.82) is 0 Å². The van der Waals surface area contributed by atoms with Gasteiger partial charge in [0.1, 0.15) is 0 Å².